The Morgan fingerprint density at radius 2 is 2.07 bits per heavy atom. The third kappa shape index (κ3) is 2.03. The average Bonchev–Trinajstić information content (AvgIpc) is 2.87. The van der Waals surface area contributed by atoms with E-state index in [1.165, 1.54) is 19.3 Å². The van der Waals surface area contributed by atoms with Gasteiger partial charge >= 0.3 is 0 Å². The van der Waals surface area contributed by atoms with Crippen LogP contribution in [0.25, 0.3) is 0 Å². The van der Waals surface area contributed by atoms with Crippen LogP contribution in [0.3, 0.4) is 0 Å². The summed E-state index contributed by atoms with van der Waals surface area (Å²) in [6.07, 6.45) is 3.85. The summed E-state index contributed by atoms with van der Waals surface area (Å²) in [5.41, 5.74) is 0.482. The van der Waals surface area contributed by atoms with Crippen molar-refractivity contribution in [3.05, 3.63) is 11.1 Å². The van der Waals surface area contributed by atoms with E-state index in [2.05, 4.69) is 35.5 Å². The fourth-order valence-electron chi connectivity index (χ4n) is 2.00. The van der Waals surface area contributed by atoms with Crippen LogP contribution >= 0.6 is 11.6 Å². The van der Waals surface area contributed by atoms with Gasteiger partial charge in [0.25, 0.3) is 0 Å². The average molecular weight is 228 g/mol. The molecule has 1 heterocycles. The van der Waals surface area contributed by atoms with Crippen molar-refractivity contribution in [1.29, 1.82) is 0 Å². The Kier molecular flexibility index (Phi) is 2.75. The van der Waals surface area contributed by atoms with E-state index in [9.17, 15) is 0 Å². The zero-order chi connectivity index (χ0) is 11.1. The molecular weight excluding hydrogens is 210 g/mol. The third-order valence-corrected chi connectivity index (χ3v) is 3.73. The van der Waals surface area contributed by atoms with E-state index >= 15 is 0 Å². The second-order valence-corrected chi connectivity index (χ2v) is 5.26. The number of rotatable bonds is 4. The monoisotopic (exact) mass is 227 g/mol. The van der Waals surface area contributed by atoms with E-state index in [1.54, 1.807) is 0 Å². The lowest BCUT2D eigenvalue weighted by Crippen LogP contribution is -2.14. The molecule has 2 rings (SSSR count). The lowest BCUT2D eigenvalue weighted by atomic mass is 10.0. The first kappa shape index (κ1) is 10.9. The van der Waals surface area contributed by atoms with E-state index < -0.39 is 0 Å². The van der Waals surface area contributed by atoms with Gasteiger partial charge in [0.05, 0.1) is 0 Å². The molecule has 0 aliphatic heterocycles. The molecule has 0 amide bonds. The van der Waals surface area contributed by atoms with E-state index in [4.69, 9.17) is 11.6 Å². The van der Waals surface area contributed by atoms with Crippen molar-refractivity contribution in [2.24, 2.45) is 5.41 Å². The fourth-order valence-corrected chi connectivity index (χ4v) is 2.19. The molecule has 15 heavy (non-hydrogen) atoms. The summed E-state index contributed by atoms with van der Waals surface area (Å²) in [5.74, 6) is 1.40. The first-order chi connectivity index (χ1) is 7.08. The Morgan fingerprint density at radius 1 is 1.40 bits per heavy atom. The van der Waals surface area contributed by atoms with Crippen LogP contribution in [0, 0.1) is 5.41 Å². The fraction of sp³-hybridized carbons (Fsp3) is 0.818. The van der Waals surface area contributed by atoms with Gasteiger partial charge in [-0.15, -0.1) is 10.2 Å². The molecule has 0 radical (unpaired) electrons. The predicted molar refractivity (Wildman–Crippen MR) is 61.1 cm³/mol. The minimum atomic E-state index is 0.387. The van der Waals surface area contributed by atoms with Gasteiger partial charge < -0.3 is 4.57 Å². The Morgan fingerprint density at radius 3 is 2.53 bits per heavy atom. The largest absolute Gasteiger partial charge is 0.301 e. The highest BCUT2D eigenvalue weighted by atomic mass is 35.5. The van der Waals surface area contributed by atoms with Crippen LogP contribution in [0.15, 0.2) is 0 Å². The summed E-state index contributed by atoms with van der Waals surface area (Å²) in [6.45, 7) is 7.49. The standard InChI is InChI=1S/C11H18ClN3/c1-4-11(5-6-11)7-15-9(8(2)3)13-14-10(15)12/h8H,4-7H2,1-3H3. The van der Waals surface area contributed by atoms with Crippen LogP contribution in [0.4, 0.5) is 0 Å². The second kappa shape index (κ2) is 3.78. The molecule has 1 aromatic rings. The van der Waals surface area contributed by atoms with Gasteiger partial charge in [-0.2, -0.15) is 0 Å². The lowest BCUT2D eigenvalue weighted by Gasteiger charge is -2.16. The van der Waals surface area contributed by atoms with Crippen molar-refractivity contribution in [3.8, 4) is 0 Å². The van der Waals surface area contributed by atoms with Crippen molar-refractivity contribution in [3.63, 3.8) is 0 Å². The molecule has 1 fully saturated rings. The van der Waals surface area contributed by atoms with Gasteiger partial charge in [-0.1, -0.05) is 20.8 Å². The van der Waals surface area contributed by atoms with Crippen LogP contribution in [0.1, 0.15) is 51.8 Å². The molecule has 0 saturated heterocycles. The van der Waals surface area contributed by atoms with Crippen molar-refractivity contribution in [2.45, 2.75) is 52.5 Å². The van der Waals surface area contributed by atoms with Gasteiger partial charge in [0.2, 0.25) is 5.28 Å². The molecular formula is C11H18ClN3. The van der Waals surface area contributed by atoms with Crippen molar-refractivity contribution in [1.82, 2.24) is 14.8 Å². The minimum Gasteiger partial charge on any atom is -0.301 e. The minimum absolute atomic E-state index is 0.387. The topological polar surface area (TPSA) is 30.7 Å². The number of hydrogen-bond donors (Lipinski definition) is 0. The molecule has 0 N–H and O–H groups in total. The van der Waals surface area contributed by atoms with E-state index in [0.717, 1.165) is 12.4 Å². The SMILES string of the molecule is CCC1(Cn2c(Cl)nnc2C(C)C)CC1. The van der Waals surface area contributed by atoms with Crippen LogP contribution < -0.4 is 0 Å². The molecule has 0 spiro atoms. The second-order valence-electron chi connectivity index (χ2n) is 4.92. The molecule has 0 atom stereocenters. The predicted octanol–water partition coefficient (Wildman–Crippen LogP) is 3.25. The Bertz CT molecular complexity index is 353. The normalized spacial score (nSPS) is 18.5. The summed E-state index contributed by atoms with van der Waals surface area (Å²) >= 11 is 6.07. The Balaban J connectivity index is 2.23. The maximum absolute atomic E-state index is 6.07. The van der Waals surface area contributed by atoms with Crippen molar-refractivity contribution in [2.75, 3.05) is 0 Å². The summed E-state index contributed by atoms with van der Waals surface area (Å²) in [6, 6.07) is 0. The van der Waals surface area contributed by atoms with Crippen LogP contribution in [-0.2, 0) is 6.54 Å². The molecule has 3 nitrogen and oxygen atoms in total. The van der Waals surface area contributed by atoms with Crippen LogP contribution in [0.2, 0.25) is 5.28 Å². The lowest BCUT2D eigenvalue weighted by molar-refractivity contribution is 0.397. The maximum atomic E-state index is 6.07. The summed E-state index contributed by atoms with van der Waals surface area (Å²) < 4.78 is 2.09. The first-order valence-electron chi connectivity index (χ1n) is 5.66. The Hall–Kier alpha value is -0.570. The van der Waals surface area contributed by atoms with Gasteiger partial charge in [-0.3, -0.25) is 0 Å². The number of hydrogen-bond acceptors (Lipinski definition) is 2. The van der Waals surface area contributed by atoms with Crippen molar-refractivity contribution >= 4 is 11.6 Å². The Labute approximate surface area is 95.8 Å². The molecule has 4 heteroatoms. The number of nitrogens with zero attached hydrogens (tertiary/aromatic N) is 3. The maximum Gasteiger partial charge on any atom is 0.225 e. The van der Waals surface area contributed by atoms with Crippen LogP contribution in [0.5, 0.6) is 0 Å². The smallest absolute Gasteiger partial charge is 0.225 e. The molecule has 1 aliphatic rings. The highest BCUT2D eigenvalue weighted by Gasteiger charge is 2.41. The highest BCUT2D eigenvalue weighted by Crippen LogP contribution is 2.50. The molecule has 0 unspecified atom stereocenters. The summed E-state index contributed by atoms with van der Waals surface area (Å²) in [5, 5.41) is 8.65. The van der Waals surface area contributed by atoms with Gasteiger partial charge in [-0.25, -0.2) is 0 Å². The molecule has 0 aromatic carbocycles. The van der Waals surface area contributed by atoms with Gasteiger partial charge in [0.15, 0.2) is 0 Å². The zero-order valence-electron chi connectivity index (χ0n) is 9.63. The molecule has 0 bridgehead atoms. The van der Waals surface area contributed by atoms with Gasteiger partial charge in [0.1, 0.15) is 5.82 Å². The number of halogens is 1. The molecule has 1 aromatic heterocycles. The van der Waals surface area contributed by atoms with Crippen molar-refractivity contribution < 1.29 is 0 Å². The first-order valence-corrected chi connectivity index (χ1v) is 6.04. The molecule has 84 valence electrons. The van der Waals surface area contributed by atoms with E-state index in [1.807, 2.05) is 0 Å². The third-order valence-electron chi connectivity index (χ3n) is 3.45. The zero-order valence-corrected chi connectivity index (χ0v) is 10.4. The van der Waals surface area contributed by atoms with Gasteiger partial charge in [0, 0.05) is 12.5 Å². The number of aromatic nitrogens is 3. The quantitative estimate of drug-likeness (QED) is 0.791. The van der Waals surface area contributed by atoms with E-state index in [-0.39, 0.29) is 0 Å². The van der Waals surface area contributed by atoms with E-state index in [0.29, 0.717) is 16.6 Å². The summed E-state index contributed by atoms with van der Waals surface area (Å²) in [4.78, 5) is 0. The van der Waals surface area contributed by atoms with Crippen LogP contribution in [-0.4, -0.2) is 14.8 Å². The molecule has 1 aliphatic carbocycles. The van der Waals surface area contributed by atoms with Gasteiger partial charge in [-0.05, 0) is 36.3 Å². The molecule has 1 saturated carbocycles. The highest BCUT2D eigenvalue weighted by molar-refractivity contribution is 6.28. The summed E-state index contributed by atoms with van der Waals surface area (Å²) in [7, 11) is 0.